The molecule has 1 atom stereocenters. The van der Waals surface area contributed by atoms with E-state index in [-0.39, 0.29) is 11.9 Å². The number of aromatic nitrogens is 1. The summed E-state index contributed by atoms with van der Waals surface area (Å²) in [5.74, 6) is 1.39. The summed E-state index contributed by atoms with van der Waals surface area (Å²) in [5.41, 5.74) is 2.99. The minimum Gasteiger partial charge on any atom is -0.438 e. The van der Waals surface area contributed by atoms with Crippen LogP contribution in [0.5, 0.6) is 11.6 Å². The Balaban J connectivity index is 1.72. The third-order valence-electron chi connectivity index (χ3n) is 4.29. The Kier molecular flexibility index (Phi) is 5.11. The number of nitrogens with zero attached hydrogens (tertiary/aromatic N) is 1. The molecule has 0 saturated carbocycles. The van der Waals surface area contributed by atoms with Crippen molar-refractivity contribution in [2.24, 2.45) is 0 Å². The van der Waals surface area contributed by atoms with E-state index in [2.05, 4.69) is 15.6 Å². The molecule has 1 unspecified atom stereocenters. The van der Waals surface area contributed by atoms with Crippen molar-refractivity contribution >= 4 is 5.91 Å². The van der Waals surface area contributed by atoms with Crippen LogP contribution in [0.3, 0.4) is 0 Å². The first-order valence-electron chi connectivity index (χ1n) is 8.34. The van der Waals surface area contributed by atoms with Crippen LogP contribution in [0.15, 0.2) is 36.5 Å². The molecule has 1 saturated heterocycles. The van der Waals surface area contributed by atoms with E-state index in [4.69, 9.17) is 4.74 Å². The molecule has 2 heterocycles. The molecular weight excluding hydrogens is 302 g/mol. The van der Waals surface area contributed by atoms with Gasteiger partial charge in [0.05, 0.1) is 6.04 Å². The van der Waals surface area contributed by atoms with Crippen molar-refractivity contribution in [1.29, 1.82) is 0 Å². The number of hydrogen-bond acceptors (Lipinski definition) is 4. The minimum atomic E-state index is -0.0790. The Labute approximate surface area is 142 Å². The van der Waals surface area contributed by atoms with Gasteiger partial charge in [-0.1, -0.05) is 24.3 Å². The maximum absolute atomic E-state index is 12.2. The van der Waals surface area contributed by atoms with Crippen LogP contribution < -0.4 is 15.4 Å². The highest BCUT2D eigenvalue weighted by Gasteiger charge is 2.22. The summed E-state index contributed by atoms with van der Waals surface area (Å²) in [6.45, 7) is 5.34. The largest absolute Gasteiger partial charge is 0.438 e. The van der Waals surface area contributed by atoms with Gasteiger partial charge in [0, 0.05) is 18.3 Å². The van der Waals surface area contributed by atoms with Gasteiger partial charge >= 0.3 is 0 Å². The summed E-state index contributed by atoms with van der Waals surface area (Å²) in [6.07, 6.45) is 3.64. The lowest BCUT2D eigenvalue weighted by molar-refractivity contribution is -0.122. The first-order chi connectivity index (χ1) is 11.6. The fraction of sp³-hybridized carbons (Fsp3) is 0.368. The molecule has 1 amide bonds. The Morgan fingerprint density at radius 1 is 1.29 bits per heavy atom. The number of carbonyl (C=O) groups is 1. The number of aryl methyl sites for hydroxylation is 2. The molecular formula is C19H23N3O2. The van der Waals surface area contributed by atoms with Crippen LogP contribution >= 0.6 is 0 Å². The zero-order chi connectivity index (χ0) is 16.9. The van der Waals surface area contributed by atoms with Gasteiger partial charge in [-0.3, -0.25) is 4.79 Å². The van der Waals surface area contributed by atoms with E-state index in [1.165, 1.54) is 0 Å². The van der Waals surface area contributed by atoms with Gasteiger partial charge in [0.15, 0.2) is 0 Å². The van der Waals surface area contributed by atoms with E-state index < -0.39 is 0 Å². The molecule has 0 aliphatic carbocycles. The molecule has 0 spiro atoms. The normalized spacial score (nSPS) is 16.8. The number of para-hydroxylation sites is 1. The van der Waals surface area contributed by atoms with Crippen LogP contribution in [0.1, 0.15) is 29.5 Å². The second-order valence-corrected chi connectivity index (χ2v) is 6.16. The Bertz CT molecular complexity index is 704. The van der Waals surface area contributed by atoms with E-state index in [1.807, 2.05) is 44.2 Å². The smallest absolute Gasteiger partial charge is 0.237 e. The molecule has 3 rings (SSSR count). The summed E-state index contributed by atoms with van der Waals surface area (Å²) in [7, 11) is 0. The van der Waals surface area contributed by atoms with Crippen LogP contribution in [0.25, 0.3) is 0 Å². The molecule has 24 heavy (non-hydrogen) atoms. The SMILES string of the molecule is Cc1cccc(C)c1Oc1ncccc1CNC(=O)C1CCCN1. The minimum absolute atomic E-state index is 0.0365. The lowest BCUT2D eigenvalue weighted by Crippen LogP contribution is -2.40. The number of hydrogen-bond donors (Lipinski definition) is 2. The third-order valence-corrected chi connectivity index (χ3v) is 4.29. The molecule has 0 bridgehead atoms. The van der Waals surface area contributed by atoms with Gasteiger partial charge in [0.1, 0.15) is 5.75 Å². The summed E-state index contributed by atoms with van der Waals surface area (Å²) in [5, 5.41) is 6.18. The first-order valence-corrected chi connectivity index (χ1v) is 8.34. The van der Waals surface area contributed by atoms with Crippen molar-refractivity contribution in [3.05, 3.63) is 53.2 Å². The second-order valence-electron chi connectivity index (χ2n) is 6.16. The predicted octanol–water partition coefficient (Wildman–Crippen LogP) is 2.86. The topological polar surface area (TPSA) is 63.2 Å². The molecule has 1 fully saturated rings. The van der Waals surface area contributed by atoms with Gasteiger partial charge in [-0.25, -0.2) is 4.98 Å². The van der Waals surface area contributed by atoms with Crippen molar-refractivity contribution in [3.63, 3.8) is 0 Å². The molecule has 1 aromatic heterocycles. The molecule has 2 aromatic rings. The van der Waals surface area contributed by atoms with Crippen molar-refractivity contribution < 1.29 is 9.53 Å². The van der Waals surface area contributed by atoms with E-state index in [9.17, 15) is 4.79 Å². The Morgan fingerprint density at radius 3 is 2.79 bits per heavy atom. The highest BCUT2D eigenvalue weighted by molar-refractivity contribution is 5.82. The molecule has 5 nitrogen and oxygen atoms in total. The molecule has 2 N–H and O–H groups in total. The molecule has 5 heteroatoms. The second kappa shape index (κ2) is 7.45. The Morgan fingerprint density at radius 2 is 2.08 bits per heavy atom. The molecule has 126 valence electrons. The summed E-state index contributed by atoms with van der Waals surface area (Å²) in [4.78, 5) is 16.5. The summed E-state index contributed by atoms with van der Waals surface area (Å²) in [6, 6.07) is 9.73. The standard InChI is InChI=1S/C19H23N3O2/c1-13-6-3-7-14(2)17(13)24-19-15(8-4-11-21-19)12-22-18(23)16-9-5-10-20-16/h3-4,6-8,11,16,20H,5,9-10,12H2,1-2H3,(H,22,23). The third kappa shape index (κ3) is 3.74. The van der Waals surface area contributed by atoms with Crippen LogP contribution in [-0.4, -0.2) is 23.5 Å². The fourth-order valence-electron chi connectivity index (χ4n) is 2.92. The maximum atomic E-state index is 12.2. The zero-order valence-corrected chi connectivity index (χ0v) is 14.1. The van der Waals surface area contributed by atoms with E-state index in [1.54, 1.807) is 6.20 Å². The van der Waals surface area contributed by atoms with Crippen LogP contribution in [-0.2, 0) is 11.3 Å². The fourth-order valence-corrected chi connectivity index (χ4v) is 2.92. The number of pyridine rings is 1. The number of amides is 1. The van der Waals surface area contributed by atoms with Crippen molar-refractivity contribution in [2.45, 2.75) is 39.3 Å². The maximum Gasteiger partial charge on any atom is 0.237 e. The van der Waals surface area contributed by atoms with Crippen LogP contribution in [0, 0.1) is 13.8 Å². The van der Waals surface area contributed by atoms with E-state index in [0.717, 1.165) is 41.8 Å². The zero-order valence-electron chi connectivity index (χ0n) is 14.1. The number of rotatable bonds is 5. The van der Waals surface area contributed by atoms with Gasteiger partial charge in [-0.2, -0.15) is 0 Å². The molecule has 1 aliphatic rings. The van der Waals surface area contributed by atoms with Gasteiger partial charge in [0.2, 0.25) is 11.8 Å². The Hall–Kier alpha value is -2.40. The van der Waals surface area contributed by atoms with E-state index >= 15 is 0 Å². The van der Waals surface area contributed by atoms with Crippen molar-refractivity contribution in [1.82, 2.24) is 15.6 Å². The quantitative estimate of drug-likeness (QED) is 0.887. The van der Waals surface area contributed by atoms with Crippen LogP contribution in [0.4, 0.5) is 0 Å². The number of ether oxygens (including phenoxy) is 1. The predicted molar refractivity (Wildman–Crippen MR) is 93.1 cm³/mol. The molecule has 1 aliphatic heterocycles. The summed E-state index contributed by atoms with van der Waals surface area (Å²) >= 11 is 0. The average Bonchev–Trinajstić information content (AvgIpc) is 3.12. The van der Waals surface area contributed by atoms with Gasteiger partial charge < -0.3 is 15.4 Å². The highest BCUT2D eigenvalue weighted by Crippen LogP contribution is 2.29. The summed E-state index contributed by atoms with van der Waals surface area (Å²) < 4.78 is 6.05. The van der Waals surface area contributed by atoms with Crippen molar-refractivity contribution in [2.75, 3.05) is 6.54 Å². The van der Waals surface area contributed by atoms with Gasteiger partial charge in [-0.05, 0) is 50.4 Å². The number of carbonyl (C=O) groups excluding carboxylic acids is 1. The number of benzene rings is 1. The number of nitrogens with one attached hydrogen (secondary N) is 2. The highest BCUT2D eigenvalue weighted by atomic mass is 16.5. The van der Waals surface area contributed by atoms with Gasteiger partial charge in [0.25, 0.3) is 0 Å². The monoisotopic (exact) mass is 325 g/mol. The first kappa shape index (κ1) is 16.5. The van der Waals surface area contributed by atoms with Crippen molar-refractivity contribution in [3.8, 4) is 11.6 Å². The molecule has 0 radical (unpaired) electrons. The van der Waals surface area contributed by atoms with E-state index in [0.29, 0.717) is 12.4 Å². The van der Waals surface area contributed by atoms with Gasteiger partial charge in [-0.15, -0.1) is 0 Å². The lowest BCUT2D eigenvalue weighted by Gasteiger charge is -2.15. The molecule has 1 aromatic carbocycles. The lowest BCUT2D eigenvalue weighted by atomic mass is 10.1. The average molecular weight is 325 g/mol. The van der Waals surface area contributed by atoms with Crippen LogP contribution in [0.2, 0.25) is 0 Å².